The Morgan fingerprint density at radius 1 is 1.56 bits per heavy atom. The fourth-order valence-electron chi connectivity index (χ4n) is 2.12. The molecular weight excluding hydrogens is 230 g/mol. The first-order valence-electron chi connectivity index (χ1n) is 6.57. The van der Waals surface area contributed by atoms with Crippen molar-refractivity contribution in [1.82, 2.24) is 4.90 Å². The number of carbonyl (C=O) groups is 1. The van der Waals surface area contributed by atoms with Crippen LogP contribution in [0.2, 0.25) is 0 Å². The monoisotopic (exact) mass is 255 g/mol. The number of ether oxygens (including phenoxy) is 1. The predicted octanol–water partition coefficient (Wildman–Crippen LogP) is 2.71. The van der Waals surface area contributed by atoms with E-state index in [0.29, 0.717) is 25.9 Å². The highest BCUT2D eigenvalue weighted by molar-refractivity contribution is 5.68. The number of amides is 1. The van der Waals surface area contributed by atoms with Gasteiger partial charge in [-0.3, -0.25) is 0 Å². The van der Waals surface area contributed by atoms with Crippen LogP contribution in [0.25, 0.3) is 0 Å². The van der Waals surface area contributed by atoms with Gasteiger partial charge < -0.3 is 14.7 Å². The third-order valence-electron chi connectivity index (χ3n) is 3.03. The molecule has 1 saturated heterocycles. The van der Waals surface area contributed by atoms with Crippen molar-refractivity contribution in [3.05, 3.63) is 12.7 Å². The molecular formula is C14H25NO3. The second-order valence-corrected chi connectivity index (χ2v) is 6.06. The molecule has 1 heterocycles. The molecule has 4 heteroatoms. The maximum absolute atomic E-state index is 11.9. The number of unbranched alkanes of at least 4 members (excludes halogenated alkanes) is 1. The van der Waals surface area contributed by atoms with E-state index >= 15 is 0 Å². The Morgan fingerprint density at radius 3 is 2.78 bits per heavy atom. The minimum absolute atomic E-state index is 0.331. The van der Waals surface area contributed by atoms with Crippen LogP contribution in [0.3, 0.4) is 0 Å². The van der Waals surface area contributed by atoms with Crippen LogP contribution >= 0.6 is 0 Å². The van der Waals surface area contributed by atoms with Crippen LogP contribution < -0.4 is 0 Å². The molecule has 4 nitrogen and oxygen atoms in total. The third kappa shape index (κ3) is 4.69. The fraction of sp³-hybridized carbons (Fsp3) is 0.786. The van der Waals surface area contributed by atoms with Crippen LogP contribution in [0.15, 0.2) is 12.7 Å². The van der Waals surface area contributed by atoms with E-state index in [1.54, 1.807) is 4.90 Å². The zero-order chi connectivity index (χ0) is 13.8. The average Bonchev–Trinajstić information content (AvgIpc) is 2.59. The first kappa shape index (κ1) is 15.0. The van der Waals surface area contributed by atoms with E-state index in [1.807, 2.05) is 26.8 Å². The Balaban J connectivity index is 2.44. The zero-order valence-electron chi connectivity index (χ0n) is 11.7. The van der Waals surface area contributed by atoms with E-state index in [-0.39, 0.29) is 6.09 Å². The molecule has 0 spiro atoms. The van der Waals surface area contributed by atoms with E-state index < -0.39 is 11.2 Å². The van der Waals surface area contributed by atoms with Gasteiger partial charge in [0, 0.05) is 6.54 Å². The highest BCUT2D eigenvalue weighted by Crippen LogP contribution is 2.27. The molecule has 1 amide bonds. The van der Waals surface area contributed by atoms with Crippen molar-refractivity contribution >= 4 is 6.09 Å². The lowest BCUT2D eigenvalue weighted by Gasteiger charge is -2.26. The number of hydrogen-bond donors (Lipinski definition) is 1. The molecule has 0 saturated carbocycles. The lowest BCUT2D eigenvalue weighted by Crippen LogP contribution is -2.39. The van der Waals surface area contributed by atoms with Crippen molar-refractivity contribution < 1.29 is 14.6 Å². The molecule has 0 radical (unpaired) electrons. The van der Waals surface area contributed by atoms with Crippen molar-refractivity contribution in [2.75, 3.05) is 13.1 Å². The normalized spacial score (nSPS) is 24.1. The second-order valence-electron chi connectivity index (χ2n) is 6.06. The average molecular weight is 255 g/mol. The number of allylic oxidation sites excluding steroid dienone is 1. The van der Waals surface area contributed by atoms with Gasteiger partial charge in [0.2, 0.25) is 0 Å². The van der Waals surface area contributed by atoms with Gasteiger partial charge in [0.25, 0.3) is 0 Å². The van der Waals surface area contributed by atoms with E-state index in [9.17, 15) is 9.90 Å². The Kier molecular flexibility index (Phi) is 4.79. The summed E-state index contributed by atoms with van der Waals surface area (Å²) in [7, 11) is 0. The van der Waals surface area contributed by atoms with Gasteiger partial charge in [-0.05, 0) is 46.5 Å². The summed E-state index contributed by atoms with van der Waals surface area (Å²) in [6, 6.07) is 0. The predicted molar refractivity (Wildman–Crippen MR) is 71.4 cm³/mol. The molecule has 1 unspecified atom stereocenters. The number of carbonyl (C=O) groups excluding carboxylic acids is 1. The number of β-amino-alcohol motifs (C(OH)–C–C–N with tert-alkyl or cyclic N) is 1. The van der Waals surface area contributed by atoms with Crippen molar-refractivity contribution in [2.24, 2.45) is 0 Å². The van der Waals surface area contributed by atoms with Crippen molar-refractivity contribution in [1.29, 1.82) is 0 Å². The van der Waals surface area contributed by atoms with E-state index in [1.165, 1.54) is 0 Å². The lowest BCUT2D eigenvalue weighted by atomic mass is 9.96. The topological polar surface area (TPSA) is 49.8 Å². The van der Waals surface area contributed by atoms with Crippen LogP contribution in [-0.4, -0.2) is 40.4 Å². The molecule has 0 aromatic heterocycles. The summed E-state index contributed by atoms with van der Waals surface area (Å²) in [4.78, 5) is 13.5. The van der Waals surface area contributed by atoms with Crippen LogP contribution in [-0.2, 0) is 4.74 Å². The molecule has 0 aromatic rings. The van der Waals surface area contributed by atoms with Crippen LogP contribution in [0.5, 0.6) is 0 Å². The Bertz CT molecular complexity index is 309. The molecule has 1 atom stereocenters. The molecule has 0 aromatic carbocycles. The summed E-state index contributed by atoms with van der Waals surface area (Å²) in [5, 5.41) is 10.4. The summed E-state index contributed by atoms with van der Waals surface area (Å²) in [5.41, 5.74) is -1.24. The van der Waals surface area contributed by atoms with Gasteiger partial charge in [-0.2, -0.15) is 0 Å². The summed E-state index contributed by atoms with van der Waals surface area (Å²) in [6.07, 6.45) is 4.66. The summed E-state index contributed by atoms with van der Waals surface area (Å²) < 4.78 is 5.30. The molecule has 1 fully saturated rings. The third-order valence-corrected chi connectivity index (χ3v) is 3.03. The SMILES string of the molecule is C=CCCCC1(O)CCN(C(=O)OC(C)(C)C)C1. The van der Waals surface area contributed by atoms with Gasteiger partial charge in [0.05, 0.1) is 12.1 Å². The lowest BCUT2D eigenvalue weighted by molar-refractivity contribution is 0.0121. The van der Waals surface area contributed by atoms with Crippen molar-refractivity contribution in [3.63, 3.8) is 0 Å². The van der Waals surface area contributed by atoms with Crippen LogP contribution in [0.1, 0.15) is 46.5 Å². The van der Waals surface area contributed by atoms with Gasteiger partial charge in [-0.15, -0.1) is 6.58 Å². The molecule has 0 aliphatic carbocycles. The van der Waals surface area contributed by atoms with E-state index in [2.05, 4.69) is 6.58 Å². The number of rotatable bonds is 4. The molecule has 1 aliphatic rings. The second kappa shape index (κ2) is 5.74. The minimum atomic E-state index is -0.750. The molecule has 1 rings (SSSR count). The molecule has 104 valence electrons. The summed E-state index contributed by atoms with van der Waals surface area (Å²) in [5.74, 6) is 0. The fourth-order valence-corrected chi connectivity index (χ4v) is 2.12. The maximum Gasteiger partial charge on any atom is 0.410 e. The Labute approximate surface area is 110 Å². The quantitative estimate of drug-likeness (QED) is 0.620. The standard InChI is InChI=1S/C14H25NO3/c1-5-6-7-8-14(17)9-10-15(11-14)12(16)18-13(2,3)4/h5,17H,1,6-11H2,2-4H3. The maximum atomic E-state index is 11.9. The van der Waals surface area contributed by atoms with Gasteiger partial charge in [0.1, 0.15) is 5.60 Å². The first-order chi connectivity index (χ1) is 8.26. The summed E-state index contributed by atoms with van der Waals surface area (Å²) >= 11 is 0. The van der Waals surface area contributed by atoms with Gasteiger partial charge in [-0.25, -0.2) is 4.79 Å². The van der Waals surface area contributed by atoms with Crippen LogP contribution in [0.4, 0.5) is 4.79 Å². The van der Waals surface area contributed by atoms with Crippen LogP contribution in [0, 0.1) is 0 Å². The highest BCUT2D eigenvalue weighted by Gasteiger charge is 2.38. The van der Waals surface area contributed by atoms with Gasteiger partial charge in [-0.1, -0.05) is 6.08 Å². The molecule has 18 heavy (non-hydrogen) atoms. The van der Waals surface area contributed by atoms with E-state index in [0.717, 1.165) is 12.8 Å². The smallest absolute Gasteiger partial charge is 0.410 e. The number of likely N-dealkylation sites (tertiary alicyclic amines) is 1. The largest absolute Gasteiger partial charge is 0.444 e. The number of nitrogens with zero attached hydrogens (tertiary/aromatic N) is 1. The minimum Gasteiger partial charge on any atom is -0.444 e. The molecule has 1 aliphatic heterocycles. The molecule has 1 N–H and O–H groups in total. The van der Waals surface area contributed by atoms with Crippen molar-refractivity contribution in [3.8, 4) is 0 Å². The number of hydrogen-bond acceptors (Lipinski definition) is 3. The first-order valence-corrected chi connectivity index (χ1v) is 6.57. The number of aliphatic hydroxyl groups is 1. The Hall–Kier alpha value is -1.03. The highest BCUT2D eigenvalue weighted by atomic mass is 16.6. The van der Waals surface area contributed by atoms with Gasteiger partial charge in [0.15, 0.2) is 0 Å². The summed E-state index contributed by atoms with van der Waals surface area (Å²) in [6.45, 7) is 10.1. The Morgan fingerprint density at radius 2 is 2.22 bits per heavy atom. The zero-order valence-corrected chi connectivity index (χ0v) is 11.7. The molecule has 0 bridgehead atoms. The van der Waals surface area contributed by atoms with Crippen molar-refractivity contribution in [2.45, 2.75) is 57.7 Å². The van der Waals surface area contributed by atoms with E-state index in [4.69, 9.17) is 4.74 Å². The van der Waals surface area contributed by atoms with Gasteiger partial charge >= 0.3 is 6.09 Å².